The summed E-state index contributed by atoms with van der Waals surface area (Å²) in [5.41, 5.74) is 6.32. The number of nitrogens with zero attached hydrogens (tertiary/aromatic N) is 7. The summed E-state index contributed by atoms with van der Waals surface area (Å²) in [4.78, 5) is 19.1. The largest absolute Gasteiger partial charge is 0.382 e. The molecule has 0 saturated carbocycles. The minimum absolute atomic E-state index is 0.305. The highest BCUT2D eigenvalue weighted by Gasteiger charge is 2.39. The maximum atomic E-state index is 13.3. The lowest BCUT2D eigenvalue weighted by Gasteiger charge is -2.33. The molecule has 19 heteroatoms. The fourth-order valence-corrected chi connectivity index (χ4v) is 13.5. The molecule has 2 fully saturated rings. The Balaban J connectivity index is 0.000000154. The van der Waals surface area contributed by atoms with E-state index < -0.39 is 32.3 Å². The molecule has 0 bridgehead atoms. The summed E-state index contributed by atoms with van der Waals surface area (Å²) >= 11 is 6.36. The first-order valence-corrected chi connectivity index (χ1v) is 26.3. The quantitative estimate of drug-likeness (QED) is 0.145. The number of benzene rings is 2. The average molecular weight is 994 g/mol. The van der Waals surface area contributed by atoms with Crippen molar-refractivity contribution in [2.45, 2.75) is 74.6 Å². The summed E-state index contributed by atoms with van der Waals surface area (Å²) in [5, 5.41) is 28.6. The standard InChI is InChI=1S/C22H24N4O3S2.C19H23N3O3S.C3H2BrNS/c27-21(16-4-2-1-3-5-16)20-12-17-14-26(15-18(17)13-24-20)31(28,29)19-6-9-25(10-7-19)22-23-8-11-30-22;23-19(14-4-2-1-3-5-14)18-10-15-12-22(13-16(15)11-21-18)26(24,25)17-6-8-20-9-7-17;4-3-5-1-2-6-3/h1-5,8,11-13,19,21,27H,6-7,9-10,14-15H2;1-5,10-11,17,19-20,23H,6-9,12-13H2;1-2H. The normalized spacial score (nSPS) is 18.4. The van der Waals surface area contributed by atoms with E-state index in [9.17, 15) is 27.0 Å². The van der Waals surface area contributed by atoms with E-state index in [4.69, 9.17) is 0 Å². The maximum absolute atomic E-state index is 13.3. The van der Waals surface area contributed by atoms with Crippen molar-refractivity contribution in [3.8, 4) is 0 Å². The Labute approximate surface area is 385 Å². The number of fused-ring (bicyclic) bond motifs is 2. The van der Waals surface area contributed by atoms with Gasteiger partial charge < -0.3 is 20.4 Å². The number of hydrogen-bond acceptors (Lipinski definition) is 14. The monoisotopic (exact) mass is 992 g/mol. The molecule has 2 saturated heterocycles. The summed E-state index contributed by atoms with van der Waals surface area (Å²) < 4.78 is 56.6. The SMILES string of the molecule is Brc1nccs1.O=S(=O)(C1CCN(c2nccs2)CC1)N1Cc2cnc(C(O)c3ccccc3)cc2C1.O=S(=O)(C1CCNCC1)N1Cc2cnc(C(O)c3ccccc3)cc2C1. The van der Waals surface area contributed by atoms with Gasteiger partial charge in [0.2, 0.25) is 20.0 Å². The average Bonchev–Trinajstić information content (AvgIpc) is 4.18. The number of hydrogen-bond donors (Lipinski definition) is 3. The molecule has 332 valence electrons. The Morgan fingerprint density at radius 3 is 1.51 bits per heavy atom. The highest BCUT2D eigenvalue weighted by Crippen LogP contribution is 2.34. The van der Waals surface area contributed by atoms with E-state index in [1.165, 1.54) is 0 Å². The summed E-state index contributed by atoms with van der Waals surface area (Å²) in [6, 6.07) is 22.4. The van der Waals surface area contributed by atoms with E-state index >= 15 is 0 Å². The number of anilines is 1. The Hall–Kier alpha value is -4.02. The Kier molecular flexibility index (Phi) is 14.8. The van der Waals surface area contributed by atoms with E-state index in [0.717, 1.165) is 55.5 Å². The van der Waals surface area contributed by atoms with Gasteiger partial charge in [-0.05, 0) is 100 Å². The second-order valence-corrected chi connectivity index (χ2v) is 23.2. The molecular weight excluding hydrogens is 945 g/mol. The highest BCUT2D eigenvalue weighted by molar-refractivity contribution is 9.11. The molecule has 2 unspecified atom stereocenters. The van der Waals surface area contributed by atoms with E-state index in [-0.39, 0.29) is 10.5 Å². The molecule has 2 atom stereocenters. The van der Waals surface area contributed by atoms with Gasteiger partial charge in [0.1, 0.15) is 12.2 Å². The number of nitrogens with one attached hydrogen (secondary N) is 1. The van der Waals surface area contributed by atoms with Gasteiger partial charge in [0.15, 0.2) is 9.05 Å². The van der Waals surface area contributed by atoms with Gasteiger partial charge in [0.25, 0.3) is 0 Å². The Bertz CT molecular complexity index is 2630. The number of aliphatic hydroxyl groups is 2. The number of aliphatic hydroxyl groups excluding tert-OH is 2. The van der Waals surface area contributed by atoms with Crippen molar-refractivity contribution in [2.75, 3.05) is 31.1 Å². The van der Waals surface area contributed by atoms with E-state index in [2.05, 4.69) is 46.1 Å². The van der Waals surface area contributed by atoms with Crippen molar-refractivity contribution < 1.29 is 27.0 Å². The maximum Gasteiger partial charge on any atom is 0.217 e. The number of rotatable bonds is 9. The van der Waals surface area contributed by atoms with Gasteiger partial charge in [-0.3, -0.25) is 9.97 Å². The zero-order chi connectivity index (χ0) is 44.0. The van der Waals surface area contributed by atoms with Crippen LogP contribution in [0.15, 0.2) is 112 Å². The van der Waals surface area contributed by atoms with Crippen LogP contribution in [0.4, 0.5) is 5.13 Å². The smallest absolute Gasteiger partial charge is 0.217 e. The van der Waals surface area contributed by atoms with Crippen LogP contribution < -0.4 is 10.2 Å². The van der Waals surface area contributed by atoms with Gasteiger partial charge in [-0.25, -0.2) is 26.8 Å². The first kappa shape index (κ1) is 45.5. The molecule has 0 aliphatic carbocycles. The van der Waals surface area contributed by atoms with Crippen molar-refractivity contribution in [3.63, 3.8) is 0 Å². The molecule has 6 aromatic rings. The molecule has 63 heavy (non-hydrogen) atoms. The summed E-state index contributed by atoms with van der Waals surface area (Å²) in [5.74, 6) is 0. The number of aromatic nitrogens is 4. The number of sulfonamides is 2. The predicted octanol–water partition coefficient (Wildman–Crippen LogP) is 6.40. The Morgan fingerprint density at radius 2 is 1.08 bits per heavy atom. The van der Waals surface area contributed by atoms with Crippen LogP contribution in [0.1, 0.15) is 82.7 Å². The number of piperidine rings is 2. The van der Waals surface area contributed by atoms with Crippen molar-refractivity contribution >= 4 is 63.8 Å². The molecule has 4 aromatic heterocycles. The van der Waals surface area contributed by atoms with Crippen molar-refractivity contribution in [1.82, 2.24) is 33.9 Å². The van der Waals surface area contributed by atoms with Gasteiger partial charge in [-0.15, -0.1) is 22.7 Å². The molecular formula is C44H49BrN8O6S4. The van der Waals surface area contributed by atoms with E-state index in [1.807, 2.05) is 83.6 Å². The molecule has 4 aliphatic rings. The lowest BCUT2D eigenvalue weighted by Crippen LogP contribution is -2.43. The van der Waals surface area contributed by atoms with Gasteiger partial charge in [-0.2, -0.15) is 8.61 Å². The lowest BCUT2D eigenvalue weighted by atomic mass is 10.0. The third kappa shape index (κ3) is 10.8. The predicted molar refractivity (Wildman–Crippen MR) is 249 cm³/mol. The fourth-order valence-electron chi connectivity index (χ4n) is 8.25. The topological polar surface area (TPSA) is 182 Å². The molecule has 0 spiro atoms. The molecule has 4 aliphatic heterocycles. The second kappa shape index (κ2) is 20.4. The first-order valence-electron chi connectivity index (χ1n) is 20.8. The minimum atomic E-state index is -3.41. The van der Waals surface area contributed by atoms with Crippen LogP contribution in [0.2, 0.25) is 0 Å². The van der Waals surface area contributed by atoms with Crippen LogP contribution >= 0.6 is 38.6 Å². The molecule has 2 aromatic carbocycles. The fraction of sp³-hybridized carbons (Fsp3) is 0.364. The molecule has 0 radical (unpaired) electrons. The van der Waals surface area contributed by atoms with Crippen LogP contribution in [-0.2, 0) is 46.2 Å². The van der Waals surface area contributed by atoms with Crippen LogP contribution in [0.25, 0.3) is 0 Å². The van der Waals surface area contributed by atoms with E-state index in [1.54, 1.807) is 56.1 Å². The molecule has 14 nitrogen and oxygen atoms in total. The molecule has 0 amide bonds. The van der Waals surface area contributed by atoms with Crippen molar-refractivity contribution in [1.29, 1.82) is 0 Å². The highest BCUT2D eigenvalue weighted by atomic mass is 79.9. The molecule has 3 N–H and O–H groups in total. The Morgan fingerprint density at radius 1 is 0.619 bits per heavy atom. The van der Waals surface area contributed by atoms with Crippen molar-refractivity contribution in [3.05, 3.63) is 157 Å². The lowest BCUT2D eigenvalue weighted by molar-refractivity contribution is 0.215. The number of pyridine rings is 2. The second-order valence-electron chi connectivity index (χ2n) is 15.7. The third-order valence-electron chi connectivity index (χ3n) is 11.8. The van der Waals surface area contributed by atoms with E-state index in [0.29, 0.717) is 76.3 Å². The van der Waals surface area contributed by atoms with Crippen LogP contribution in [0.5, 0.6) is 0 Å². The zero-order valence-corrected chi connectivity index (χ0v) is 39.2. The van der Waals surface area contributed by atoms with Crippen LogP contribution in [0.3, 0.4) is 0 Å². The zero-order valence-electron chi connectivity index (χ0n) is 34.4. The summed E-state index contributed by atoms with van der Waals surface area (Å²) in [7, 11) is -6.72. The number of thiazole rings is 2. The first-order chi connectivity index (χ1) is 30.5. The van der Waals surface area contributed by atoms with Gasteiger partial charge in [0.05, 0.1) is 21.9 Å². The van der Waals surface area contributed by atoms with Gasteiger partial charge >= 0.3 is 0 Å². The molecule has 8 heterocycles. The summed E-state index contributed by atoms with van der Waals surface area (Å²) in [6.45, 7) is 4.31. The number of halogens is 1. The van der Waals surface area contributed by atoms with Crippen LogP contribution in [0, 0.1) is 0 Å². The van der Waals surface area contributed by atoms with Gasteiger partial charge in [-0.1, -0.05) is 60.7 Å². The summed E-state index contributed by atoms with van der Waals surface area (Å²) in [6.07, 6.45) is 7.83. The van der Waals surface area contributed by atoms with Crippen LogP contribution in [-0.4, -0.2) is 92.3 Å². The van der Waals surface area contributed by atoms with Crippen molar-refractivity contribution in [2.24, 2.45) is 0 Å². The molecule has 10 rings (SSSR count). The minimum Gasteiger partial charge on any atom is -0.382 e. The third-order valence-corrected chi connectivity index (χ3v) is 18.5. The van der Waals surface area contributed by atoms with Gasteiger partial charge in [0, 0.05) is 74.8 Å².